The predicted octanol–water partition coefficient (Wildman–Crippen LogP) is 3.18. The molecule has 1 aliphatic carbocycles. The van der Waals surface area contributed by atoms with Crippen molar-refractivity contribution in [3.05, 3.63) is 37.7 Å². The highest BCUT2D eigenvalue weighted by atomic mass is 16.2. The summed E-state index contributed by atoms with van der Waals surface area (Å²) in [5, 5.41) is 12.8. The molecule has 10 nitrogen and oxygen atoms in total. The average Bonchev–Trinajstić information content (AvgIpc) is 3.07. The van der Waals surface area contributed by atoms with E-state index in [1.807, 2.05) is 27.7 Å². The van der Waals surface area contributed by atoms with E-state index in [1.165, 1.54) is 11.0 Å². The van der Waals surface area contributed by atoms with Crippen LogP contribution in [-0.2, 0) is 11.3 Å². The fraction of sp³-hybridized carbons (Fsp3) is 0.600. The highest BCUT2D eigenvalue weighted by Crippen LogP contribution is 2.36. The van der Waals surface area contributed by atoms with Gasteiger partial charge < -0.3 is 20.5 Å². The number of carbonyl (C=O) groups is 1. The number of rotatable bonds is 9. The van der Waals surface area contributed by atoms with Gasteiger partial charge in [-0.05, 0) is 45.6 Å². The number of nitrogen functional groups attached to an aromatic ring is 1. The Morgan fingerprint density at radius 2 is 1.91 bits per heavy atom. The van der Waals surface area contributed by atoms with E-state index in [2.05, 4.69) is 20.9 Å². The molecule has 190 valence electrons. The maximum absolute atomic E-state index is 13.2. The summed E-state index contributed by atoms with van der Waals surface area (Å²) in [6, 6.07) is 2.50. The number of hydrogen-bond acceptors (Lipinski definition) is 6. The van der Waals surface area contributed by atoms with Crippen LogP contribution in [0.2, 0.25) is 0 Å². The van der Waals surface area contributed by atoms with Crippen LogP contribution in [0.25, 0.3) is 0 Å². The van der Waals surface area contributed by atoms with Gasteiger partial charge >= 0.3 is 5.69 Å². The van der Waals surface area contributed by atoms with Gasteiger partial charge in [-0.1, -0.05) is 32.6 Å². The van der Waals surface area contributed by atoms with Crippen LogP contribution in [0.4, 0.5) is 17.3 Å². The molecule has 1 amide bonds. The molecular formula is C25H37N7O3. The topological polar surface area (TPSA) is 142 Å². The van der Waals surface area contributed by atoms with Gasteiger partial charge in [0.2, 0.25) is 5.91 Å². The van der Waals surface area contributed by atoms with E-state index in [0.29, 0.717) is 24.5 Å². The summed E-state index contributed by atoms with van der Waals surface area (Å²) in [5.74, 6) is 0.213. The second-order valence-corrected chi connectivity index (χ2v) is 9.27. The molecule has 1 aliphatic rings. The molecule has 2 aromatic rings. The van der Waals surface area contributed by atoms with Crippen LogP contribution in [-0.4, -0.2) is 33.1 Å². The van der Waals surface area contributed by atoms with E-state index in [-0.39, 0.29) is 30.0 Å². The molecule has 0 radical (unpaired) electrons. The summed E-state index contributed by atoms with van der Waals surface area (Å²) < 4.78 is 3.45. The first-order valence-electron chi connectivity index (χ1n) is 12.5. The first-order chi connectivity index (χ1) is 16.7. The van der Waals surface area contributed by atoms with Crippen LogP contribution in [0, 0.1) is 25.2 Å². The zero-order chi connectivity index (χ0) is 25.7. The van der Waals surface area contributed by atoms with E-state index in [1.54, 1.807) is 4.90 Å². The molecule has 2 heterocycles. The van der Waals surface area contributed by atoms with Gasteiger partial charge in [0.1, 0.15) is 23.4 Å². The first-order valence-corrected chi connectivity index (χ1v) is 12.5. The number of carbonyl (C=O) groups excluding carboxylic acids is 1. The number of aromatic nitrogens is 3. The normalized spacial score (nSPS) is 14.0. The minimum absolute atomic E-state index is 0.0526. The molecule has 0 unspecified atom stereocenters. The minimum Gasteiger partial charge on any atom is -0.383 e. The van der Waals surface area contributed by atoms with E-state index in [0.717, 1.165) is 49.8 Å². The predicted molar refractivity (Wildman–Crippen MR) is 138 cm³/mol. The van der Waals surface area contributed by atoms with Crippen LogP contribution in [0.1, 0.15) is 81.7 Å². The quantitative estimate of drug-likeness (QED) is 0.500. The molecule has 35 heavy (non-hydrogen) atoms. The van der Waals surface area contributed by atoms with E-state index in [9.17, 15) is 19.6 Å². The van der Waals surface area contributed by atoms with Crippen molar-refractivity contribution in [2.75, 3.05) is 29.0 Å². The molecule has 0 aromatic carbocycles. The van der Waals surface area contributed by atoms with Crippen molar-refractivity contribution < 1.29 is 4.79 Å². The van der Waals surface area contributed by atoms with Crippen molar-refractivity contribution in [2.24, 2.45) is 0 Å². The molecule has 0 bridgehead atoms. The molecule has 1 saturated carbocycles. The number of unbranched alkanes of at least 4 members (excludes halogenated alkanes) is 1. The van der Waals surface area contributed by atoms with Crippen molar-refractivity contribution in [1.29, 1.82) is 5.26 Å². The summed E-state index contributed by atoms with van der Waals surface area (Å²) in [6.45, 7) is 8.27. The molecule has 0 atom stereocenters. The lowest BCUT2D eigenvalue weighted by molar-refractivity contribution is -0.115. The number of nitrogens with zero attached hydrogens (tertiary/aromatic N) is 4. The highest BCUT2D eigenvalue weighted by molar-refractivity contribution is 5.95. The van der Waals surface area contributed by atoms with Crippen LogP contribution >= 0.6 is 0 Å². The Labute approximate surface area is 205 Å². The van der Waals surface area contributed by atoms with Gasteiger partial charge in [-0.25, -0.2) is 4.79 Å². The summed E-state index contributed by atoms with van der Waals surface area (Å²) in [5.41, 5.74) is 7.49. The summed E-state index contributed by atoms with van der Waals surface area (Å²) in [6.07, 6.45) is 7.05. The lowest BCUT2D eigenvalue weighted by Crippen LogP contribution is -2.41. The number of nitrogens with two attached hydrogens (primary N) is 1. The molecule has 3 rings (SSSR count). The van der Waals surface area contributed by atoms with Crippen molar-refractivity contribution in [3.8, 4) is 6.07 Å². The number of hydrogen-bond donors (Lipinski definition) is 3. The van der Waals surface area contributed by atoms with Crippen molar-refractivity contribution in [2.45, 2.75) is 85.2 Å². The van der Waals surface area contributed by atoms with E-state index in [4.69, 9.17) is 5.73 Å². The van der Waals surface area contributed by atoms with Crippen molar-refractivity contribution in [1.82, 2.24) is 14.1 Å². The van der Waals surface area contributed by atoms with E-state index >= 15 is 0 Å². The third-order valence-electron chi connectivity index (χ3n) is 7.05. The first kappa shape index (κ1) is 26.1. The number of amides is 1. The van der Waals surface area contributed by atoms with E-state index < -0.39 is 11.2 Å². The number of aromatic amines is 1. The fourth-order valence-electron chi connectivity index (χ4n) is 5.00. The Balaban J connectivity index is 1.92. The lowest BCUT2D eigenvalue weighted by Gasteiger charge is -2.28. The van der Waals surface area contributed by atoms with Crippen LogP contribution in [0.5, 0.6) is 0 Å². The standard InChI is InChI=1S/C25H37N7O3/c1-5-7-13-31-22(27)21(24(34)29-25(31)35)30(6-2)15-20(33)28-23-19(14-26)16(3)17(4)32(23)18-11-9-8-10-12-18/h18H,5-13,15,27H2,1-4H3,(H,28,33)(H,29,34,35). The van der Waals surface area contributed by atoms with Gasteiger partial charge in [-0.15, -0.1) is 0 Å². The molecular weight excluding hydrogens is 446 g/mol. The Morgan fingerprint density at radius 1 is 1.23 bits per heavy atom. The lowest BCUT2D eigenvalue weighted by atomic mass is 9.95. The van der Waals surface area contributed by atoms with Crippen LogP contribution in [0.3, 0.4) is 0 Å². The summed E-state index contributed by atoms with van der Waals surface area (Å²) in [4.78, 5) is 42.1. The highest BCUT2D eigenvalue weighted by Gasteiger charge is 2.27. The molecule has 1 fully saturated rings. The number of nitriles is 1. The smallest absolute Gasteiger partial charge is 0.330 e. The molecule has 2 aromatic heterocycles. The number of H-pyrrole nitrogens is 1. The monoisotopic (exact) mass is 483 g/mol. The Morgan fingerprint density at radius 3 is 2.51 bits per heavy atom. The molecule has 0 saturated heterocycles. The van der Waals surface area contributed by atoms with Crippen molar-refractivity contribution in [3.63, 3.8) is 0 Å². The average molecular weight is 484 g/mol. The molecule has 0 aliphatic heterocycles. The molecule has 0 spiro atoms. The Hall–Kier alpha value is -3.48. The van der Waals surface area contributed by atoms with Gasteiger partial charge in [0, 0.05) is 24.8 Å². The third-order valence-corrected chi connectivity index (χ3v) is 7.05. The second-order valence-electron chi connectivity index (χ2n) is 9.27. The maximum atomic E-state index is 13.2. The number of likely N-dealkylation sites (N-methyl/N-ethyl adjacent to an activating group) is 1. The van der Waals surface area contributed by atoms with Gasteiger partial charge in [-0.3, -0.25) is 19.1 Å². The Bertz CT molecular complexity index is 1230. The maximum Gasteiger partial charge on any atom is 0.330 e. The summed E-state index contributed by atoms with van der Waals surface area (Å²) >= 11 is 0. The van der Waals surface area contributed by atoms with Gasteiger partial charge in [0.05, 0.1) is 12.1 Å². The van der Waals surface area contributed by atoms with Gasteiger partial charge in [0.15, 0.2) is 0 Å². The third kappa shape index (κ3) is 5.29. The fourth-order valence-corrected chi connectivity index (χ4v) is 5.00. The largest absolute Gasteiger partial charge is 0.383 e. The second kappa shape index (κ2) is 11.3. The van der Waals surface area contributed by atoms with Crippen LogP contribution in [0.15, 0.2) is 9.59 Å². The Kier molecular flexibility index (Phi) is 8.43. The van der Waals surface area contributed by atoms with Gasteiger partial charge in [0.25, 0.3) is 5.56 Å². The summed E-state index contributed by atoms with van der Waals surface area (Å²) in [7, 11) is 0. The zero-order valence-electron chi connectivity index (χ0n) is 21.2. The molecule has 10 heteroatoms. The van der Waals surface area contributed by atoms with Crippen molar-refractivity contribution >= 4 is 23.2 Å². The number of nitrogens with one attached hydrogen (secondary N) is 2. The zero-order valence-corrected chi connectivity index (χ0v) is 21.2. The SMILES string of the molecule is CCCCn1c(N)c(N(CC)CC(=O)Nc2c(C#N)c(C)c(C)n2C2CCCCC2)c(=O)[nH]c1=O. The van der Waals surface area contributed by atoms with Crippen LogP contribution < -0.4 is 27.2 Å². The molecule has 4 N–H and O–H groups in total. The minimum atomic E-state index is -0.620. The van der Waals surface area contributed by atoms with Gasteiger partial charge in [-0.2, -0.15) is 5.26 Å². The number of anilines is 3.